The van der Waals surface area contributed by atoms with E-state index in [0.717, 1.165) is 103 Å². The molecule has 0 N–H and O–H groups in total. The van der Waals surface area contributed by atoms with Gasteiger partial charge in [-0.2, -0.15) is 0 Å². The molecular weight excluding hydrogens is 781 g/mol. The van der Waals surface area contributed by atoms with Crippen molar-refractivity contribution in [3.63, 3.8) is 0 Å². The van der Waals surface area contributed by atoms with Gasteiger partial charge in [-0.25, -0.2) is 0 Å². The maximum Gasteiger partial charge on any atom is 0.306 e. The van der Waals surface area contributed by atoms with Crippen LogP contribution < -0.4 is 0 Å². The highest BCUT2D eigenvalue weighted by Crippen LogP contribution is 2.14. The molecule has 0 aromatic heterocycles. The normalized spacial score (nSPS) is 12.5. The molecule has 6 nitrogen and oxygen atoms in total. The van der Waals surface area contributed by atoms with Gasteiger partial charge in [0.05, 0.1) is 0 Å². The van der Waals surface area contributed by atoms with Crippen LogP contribution in [-0.4, -0.2) is 37.2 Å². The van der Waals surface area contributed by atoms with Crippen LogP contribution in [0.15, 0.2) is 60.8 Å². The molecular formula is C57H100O6. The lowest BCUT2D eigenvalue weighted by molar-refractivity contribution is -0.167. The molecule has 63 heavy (non-hydrogen) atoms. The lowest BCUT2D eigenvalue weighted by Crippen LogP contribution is -2.30. The Balaban J connectivity index is 4.41. The zero-order valence-electron chi connectivity index (χ0n) is 41.6. The highest BCUT2D eigenvalue weighted by molar-refractivity contribution is 5.71. The van der Waals surface area contributed by atoms with Crippen LogP contribution in [0, 0.1) is 0 Å². The standard InChI is InChI=1S/C57H100O6/c1-4-7-10-13-16-19-22-25-28-29-30-33-35-38-41-44-47-50-56(59)62-53-54(63-57(60)51-48-45-42-39-36-32-27-24-21-18-15-12-9-6-3)52-61-55(58)49-46-43-40-37-34-31-26-23-20-17-14-11-8-5-2/h15-16,18-19,23-28,54H,4-14,17,20-22,29-53H2,1-3H3/b18-15+,19-16+,26-23+,27-24+,28-25+/t54-/m1/s1. The molecule has 0 bridgehead atoms. The zero-order valence-corrected chi connectivity index (χ0v) is 41.6. The number of ether oxygens (including phenoxy) is 3. The minimum Gasteiger partial charge on any atom is -0.462 e. The summed E-state index contributed by atoms with van der Waals surface area (Å²) in [5, 5.41) is 0. The number of allylic oxidation sites excluding steroid dienone is 10. The Morgan fingerprint density at radius 3 is 0.968 bits per heavy atom. The van der Waals surface area contributed by atoms with E-state index in [9.17, 15) is 14.4 Å². The highest BCUT2D eigenvalue weighted by Gasteiger charge is 2.19. The van der Waals surface area contributed by atoms with Gasteiger partial charge in [0, 0.05) is 19.3 Å². The summed E-state index contributed by atoms with van der Waals surface area (Å²) in [7, 11) is 0. The molecule has 0 fully saturated rings. The molecule has 0 unspecified atom stereocenters. The van der Waals surface area contributed by atoms with Gasteiger partial charge in [-0.15, -0.1) is 0 Å². The first-order valence-corrected chi connectivity index (χ1v) is 26.8. The molecule has 0 aliphatic rings. The fourth-order valence-electron chi connectivity index (χ4n) is 7.37. The van der Waals surface area contributed by atoms with Crippen molar-refractivity contribution in [1.29, 1.82) is 0 Å². The molecule has 364 valence electrons. The van der Waals surface area contributed by atoms with E-state index in [1.54, 1.807) is 0 Å². The first-order valence-electron chi connectivity index (χ1n) is 26.8. The summed E-state index contributed by atoms with van der Waals surface area (Å²) in [6.07, 6.45) is 63.4. The summed E-state index contributed by atoms with van der Waals surface area (Å²) in [6, 6.07) is 0. The van der Waals surface area contributed by atoms with Crippen molar-refractivity contribution in [1.82, 2.24) is 0 Å². The van der Waals surface area contributed by atoms with E-state index in [1.165, 1.54) is 122 Å². The summed E-state index contributed by atoms with van der Waals surface area (Å²) in [6.45, 7) is 6.55. The molecule has 0 aromatic carbocycles. The molecule has 0 saturated heterocycles. The van der Waals surface area contributed by atoms with Gasteiger partial charge in [-0.1, -0.05) is 204 Å². The molecule has 0 spiro atoms. The van der Waals surface area contributed by atoms with Crippen LogP contribution in [0.25, 0.3) is 0 Å². The topological polar surface area (TPSA) is 78.9 Å². The molecule has 6 heteroatoms. The number of carbonyl (C=O) groups excluding carboxylic acids is 3. The van der Waals surface area contributed by atoms with Crippen LogP contribution in [0.2, 0.25) is 0 Å². The van der Waals surface area contributed by atoms with E-state index in [-0.39, 0.29) is 31.1 Å². The van der Waals surface area contributed by atoms with Crippen LogP contribution in [0.5, 0.6) is 0 Å². The second-order valence-corrected chi connectivity index (χ2v) is 17.8. The van der Waals surface area contributed by atoms with Crippen molar-refractivity contribution in [3.05, 3.63) is 60.8 Å². The molecule has 0 heterocycles. The van der Waals surface area contributed by atoms with Crippen molar-refractivity contribution >= 4 is 17.9 Å². The van der Waals surface area contributed by atoms with Crippen LogP contribution in [0.4, 0.5) is 0 Å². The van der Waals surface area contributed by atoms with E-state index >= 15 is 0 Å². The highest BCUT2D eigenvalue weighted by atomic mass is 16.6. The van der Waals surface area contributed by atoms with Gasteiger partial charge < -0.3 is 14.2 Å². The summed E-state index contributed by atoms with van der Waals surface area (Å²) >= 11 is 0. The molecule has 0 aliphatic carbocycles. The third-order valence-electron chi connectivity index (χ3n) is 11.5. The van der Waals surface area contributed by atoms with Gasteiger partial charge in [-0.05, 0) is 103 Å². The van der Waals surface area contributed by atoms with Crippen molar-refractivity contribution < 1.29 is 28.6 Å². The average molecular weight is 881 g/mol. The van der Waals surface area contributed by atoms with Crippen molar-refractivity contribution in [2.45, 2.75) is 271 Å². The zero-order chi connectivity index (χ0) is 45.8. The number of hydrogen-bond donors (Lipinski definition) is 0. The second kappa shape index (κ2) is 51.7. The fourth-order valence-corrected chi connectivity index (χ4v) is 7.37. The Labute approximate surface area is 390 Å². The fraction of sp³-hybridized carbons (Fsp3) is 0.772. The third kappa shape index (κ3) is 50.0. The molecule has 0 aliphatic heterocycles. The Kier molecular flexibility index (Phi) is 49.4. The van der Waals surface area contributed by atoms with Gasteiger partial charge >= 0.3 is 17.9 Å². The van der Waals surface area contributed by atoms with Gasteiger partial charge in [0.2, 0.25) is 0 Å². The van der Waals surface area contributed by atoms with Gasteiger partial charge in [0.15, 0.2) is 6.10 Å². The first kappa shape index (κ1) is 60.1. The second-order valence-electron chi connectivity index (χ2n) is 17.8. The quantitative estimate of drug-likeness (QED) is 0.0262. The van der Waals surface area contributed by atoms with Gasteiger partial charge in [-0.3, -0.25) is 14.4 Å². The molecule has 0 saturated carbocycles. The maximum atomic E-state index is 12.8. The molecule has 1 atom stereocenters. The number of rotatable bonds is 48. The SMILES string of the molecule is CCCC/C=C/C/C=C/CCCCCCCC(=O)O[C@H](COC(=O)CCCCCCC/C=C/CCCCCCC)COC(=O)CCCCCCCCC/C=C/C/C=C/CCCCC. The lowest BCUT2D eigenvalue weighted by atomic mass is 10.1. The van der Waals surface area contributed by atoms with E-state index in [2.05, 4.69) is 81.5 Å². The van der Waals surface area contributed by atoms with Crippen molar-refractivity contribution in [3.8, 4) is 0 Å². The molecule has 0 amide bonds. The predicted molar refractivity (Wildman–Crippen MR) is 270 cm³/mol. The summed E-state index contributed by atoms with van der Waals surface area (Å²) in [5.74, 6) is -0.911. The third-order valence-corrected chi connectivity index (χ3v) is 11.5. The van der Waals surface area contributed by atoms with Crippen LogP contribution in [0.3, 0.4) is 0 Å². The van der Waals surface area contributed by atoms with Gasteiger partial charge in [0.1, 0.15) is 13.2 Å². The van der Waals surface area contributed by atoms with E-state index in [1.807, 2.05) is 0 Å². The Bertz CT molecular complexity index is 1150. The predicted octanol–water partition coefficient (Wildman–Crippen LogP) is 17.6. The first-order chi connectivity index (χ1) is 31.0. The molecule has 0 rings (SSSR count). The minimum atomic E-state index is -0.787. The lowest BCUT2D eigenvalue weighted by Gasteiger charge is -2.18. The van der Waals surface area contributed by atoms with E-state index in [4.69, 9.17) is 14.2 Å². The Morgan fingerprint density at radius 1 is 0.317 bits per heavy atom. The number of esters is 3. The van der Waals surface area contributed by atoms with Crippen molar-refractivity contribution in [2.24, 2.45) is 0 Å². The van der Waals surface area contributed by atoms with E-state index in [0.29, 0.717) is 19.3 Å². The number of hydrogen-bond acceptors (Lipinski definition) is 6. The molecule has 0 radical (unpaired) electrons. The molecule has 0 aromatic rings. The van der Waals surface area contributed by atoms with Crippen LogP contribution >= 0.6 is 0 Å². The maximum absolute atomic E-state index is 12.8. The number of carbonyl (C=O) groups is 3. The number of unbranched alkanes of at least 4 members (excludes halogenated alkanes) is 27. The summed E-state index contributed by atoms with van der Waals surface area (Å²) in [4.78, 5) is 38.0. The van der Waals surface area contributed by atoms with Crippen LogP contribution in [0.1, 0.15) is 265 Å². The minimum absolute atomic E-state index is 0.0864. The van der Waals surface area contributed by atoms with E-state index < -0.39 is 6.10 Å². The Hall–Kier alpha value is -2.89. The van der Waals surface area contributed by atoms with Gasteiger partial charge in [0.25, 0.3) is 0 Å². The van der Waals surface area contributed by atoms with Crippen LogP contribution in [-0.2, 0) is 28.6 Å². The monoisotopic (exact) mass is 881 g/mol. The largest absolute Gasteiger partial charge is 0.462 e. The Morgan fingerprint density at radius 2 is 0.587 bits per heavy atom. The summed E-state index contributed by atoms with van der Waals surface area (Å²) in [5.41, 5.74) is 0. The summed E-state index contributed by atoms with van der Waals surface area (Å²) < 4.78 is 16.8. The van der Waals surface area contributed by atoms with Crippen molar-refractivity contribution in [2.75, 3.05) is 13.2 Å². The smallest absolute Gasteiger partial charge is 0.306 e. The average Bonchev–Trinajstić information content (AvgIpc) is 3.28.